The van der Waals surface area contributed by atoms with Gasteiger partial charge in [-0.15, -0.1) is 0 Å². The van der Waals surface area contributed by atoms with Gasteiger partial charge in [-0.2, -0.15) is 18.3 Å². The zero-order valence-corrected chi connectivity index (χ0v) is 12.2. The molecule has 23 heavy (non-hydrogen) atoms. The first-order valence-electron chi connectivity index (χ1n) is 6.75. The highest BCUT2D eigenvalue weighted by Crippen LogP contribution is 2.19. The van der Waals surface area contributed by atoms with Crippen molar-refractivity contribution in [2.75, 3.05) is 6.61 Å². The van der Waals surface area contributed by atoms with Crippen LogP contribution in [0.4, 0.5) is 13.2 Å². The molecule has 1 atom stereocenters. The van der Waals surface area contributed by atoms with Crippen LogP contribution in [-0.4, -0.2) is 33.5 Å². The molecule has 124 valence electrons. The first kappa shape index (κ1) is 16.8. The first-order chi connectivity index (χ1) is 10.8. The van der Waals surface area contributed by atoms with E-state index in [4.69, 9.17) is 0 Å². The fourth-order valence-corrected chi connectivity index (χ4v) is 1.78. The van der Waals surface area contributed by atoms with Gasteiger partial charge in [0.2, 0.25) is 5.91 Å². The molecule has 1 aromatic heterocycles. The molecule has 2 aromatic rings. The van der Waals surface area contributed by atoms with Crippen LogP contribution in [0.15, 0.2) is 36.9 Å². The molecule has 1 N–H and O–H groups in total. The molecule has 1 aromatic carbocycles. The predicted octanol–water partition coefficient (Wildman–Crippen LogP) is 2.10. The lowest BCUT2D eigenvalue weighted by atomic mass is 10.2. The van der Waals surface area contributed by atoms with Gasteiger partial charge in [0, 0.05) is 6.54 Å². The summed E-state index contributed by atoms with van der Waals surface area (Å²) < 4.78 is 42.4. The summed E-state index contributed by atoms with van der Waals surface area (Å²) in [5, 5.41) is 6.55. The maximum Gasteiger partial charge on any atom is 0.422 e. The van der Waals surface area contributed by atoms with Gasteiger partial charge in [-0.3, -0.25) is 4.79 Å². The average molecular weight is 328 g/mol. The van der Waals surface area contributed by atoms with E-state index in [1.165, 1.54) is 29.5 Å². The Bertz CT molecular complexity index is 644. The number of halogens is 3. The fourth-order valence-electron chi connectivity index (χ4n) is 1.78. The molecule has 9 heteroatoms. The summed E-state index contributed by atoms with van der Waals surface area (Å²) in [7, 11) is 0. The van der Waals surface area contributed by atoms with E-state index in [0.717, 1.165) is 0 Å². The van der Waals surface area contributed by atoms with Crippen molar-refractivity contribution in [2.45, 2.75) is 25.7 Å². The molecule has 0 unspecified atom stereocenters. The van der Waals surface area contributed by atoms with Gasteiger partial charge in [-0.05, 0) is 24.6 Å². The normalized spacial score (nSPS) is 12.7. The summed E-state index contributed by atoms with van der Waals surface area (Å²) in [6, 6.07) is 5.58. The number of hydrogen-bond donors (Lipinski definition) is 1. The maximum absolute atomic E-state index is 12.1. The lowest BCUT2D eigenvalue weighted by Crippen LogP contribution is -2.30. The van der Waals surface area contributed by atoms with Crippen molar-refractivity contribution in [1.29, 1.82) is 0 Å². The summed E-state index contributed by atoms with van der Waals surface area (Å²) >= 11 is 0. The lowest BCUT2D eigenvalue weighted by molar-refractivity contribution is -0.153. The Labute approximate surface area is 130 Å². The minimum atomic E-state index is -4.39. The van der Waals surface area contributed by atoms with Crippen LogP contribution in [-0.2, 0) is 11.3 Å². The molecule has 0 fully saturated rings. The van der Waals surface area contributed by atoms with Gasteiger partial charge >= 0.3 is 6.18 Å². The molecule has 2 rings (SSSR count). The average Bonchev–Trinajstić information content (AvgIpc) is 3.04. The summed E-state index contributed by atoms with van der Waals surface area (Å²) in [6.07, 6.45) is -1.64. The van der Waals surface area contributed by atoms with E-state index in [-0.39, 0.29) is 18.2 Å². The summed E-state index contributed by atoms with van der Waals surface area (Å²) in [5.41, 5.74) is 0.629. The number of hydrogen-bond acceptors (Lipinski definition) is 4. The maximum atomic E-state index is 12.1. The monoisotopic (exact) mass is 328 g/mol. The quantitative estimate of drug-likeness (QED) is 0.882. The fraction of sp³-hybridized carbons (Fsp3) is 0.357. The second-order valence-corrected chi connectivity index (χ2v) is 4.82. The van der Waals surface area contributed by atoms with Crippen LogP contribution < -0.4 is 10.1 Å². The zero-order chi connectivity index (χ0) is 16.9. The third kappa shape index (κ3) is 5.28. The molecular weight excluding hydrogens is 313 g/mol. The van der Waals surface area contributed by atoms with E-state index in [1.54, 1.807) is 19.1 Å². The minimum Gasteiger partial charge on any atom is -0.484 e. The van der Waals surface area contributed by atoms with Crippen molar-refractivity contribution in [1.82, 2.24) is 20.1 Å². The summed E-state index contributed by atoms with van der Waals surface area (Å²) in [6.45, 7) is 0.472. The molecule has 1 heterocycles. The van der Waals surface area contributed by atoms with E-state index >= 15 is 0 Å². The van der Waals surface area contributed by atoms with Crippen LogP contribution in [0.5, 0.6) is 5.75 Å². The van der Waals surface area contributed by atoms with Crippen LogP contribution in [0.3, 0.4) is 0 Å². The largest absolute Gasteiger partial charge is 0.484 e. The van der Waals surface area contributed by atoms with Crippen molar-refractivity contribution in [3.05, 3.63) is 42.5 Å². The summed E-state index contributed by atoms with van der Waals surface area (Å²) in [4.78, 5) is 15.7. The van der Waals surface area contributed by atoms with E-state index in [1.807, 2.05) is 0 Å². The molecular formula is C14H15F3N4O2. The molecule has 0 bridgehead atoms. The topological polar surface area (TPSA) is 69.0 Å². The molecule has 0 radical (unpaired) electrons. The van der Waals surface area contributed by atoms with E-state index in [0.29, 0.717) is 5.56 Å². The van der Waals surface area contributed by atoms with Gasteiger partial charge in [0.25, 0.3) is 0 Å². The van der Waals surface area contributed by atoms with E-state index in [9.17, 15) is 18.0 Å². The third-order valence-electron chi connectivity index (χ3n) is 2.98. The highest BCUT2D eigenvalue weighted by atomic mass is 19.4. The van der Waals surface area contributed by atoms with Gasteiger partial charge in [0.05, 0.1) is 0 Å². The molecule has 0 saturated heterocycles. The van der Waals surface area contributed by atoms with Gasteiger partial charge in [0.15, 0.2) is 6.61 Å². The van der Waals surface area contributed by atoms with Gasteiger partial charge in [-0.25, -0.2) is 9.67 Å². The number of nitrogens with zero attached hydrogens (tertiary/aromatic N) is 3. The van der Waals surface area contributed by atoms with Crippen LogP contribution in [0, 0.1) is 0 Å². The standard InChI is InChI=1S/C14H15F3N4O2/c1-10(21-9-18-8-20-21)13(22)19-6-11-3-2-4-12(5-11)23-7-14(15,16)17/h2-5,8-10H,6-7H2,1H3,(H,19,22)/t10-/m1/s1. The van der Waals surface area contributed by atoms with Crippen LogP contribution in [0.2, 0.25) is 0 Å². The van der Waals surface area contributed by atoms with Gasteiger partial charge < -0.3 is 10.1 Å². The minimum absolute atomic E-state index is 0.0957. The van der Waals surface area contributed by atoms with Crippen LogP contribution in [0.1, 0.15) is 18.5 Å². The molecule has 0 spiro atoms. The smallest absolute Gasteiger partial charge is 0.422 e. The lowest BCUT2D eigenvalue weighted by Gasteiger charge is -2.13. The number of carbonyl (C=O) groups excluding carboxylic acids is 1. The molecule has 0 saturated carbocycles. The Morgan fingerprint density at radius 1 is 1.43 bits per heavy atom. The van der Waals surface area contributed by atoms with Gasteiger partial charge in [-0.1, -0.05) is 12.1 Å². The molecule has 0 aliphatic rings. The first-order valence-corrected chi connectivity index (χ1v) is 6.75. The van der Waals surface area contributed by atoms with E-state index < -0.39 is 18.8 Å². The second kappa shape index (κ2) is 7.12. The zero-order valence-electron chi connectivity index (χ0n) is 12.2. The Kier molecular flexibility index (Phi) is 5.20. The highest BCUT2D eigenvalue weighted by molar-refractivity contribution is 5.79. The second-order valence-electron chi connectivity index (χ2n) is 4.82. The SMILES string of the molecule is C[C@H](C(=O)NCc1cccc(OCC(F)(F)F)c1)n1cncn1. The van der Waals surface area contributed by atoms with E-state index in [2.05, 4.69) is 20.1 Å². The Morgan fingerprint density at radius 3 is 2.87 bits per heavy atom. The van der Waals surface area contributed by atoms with Crippen molar-refractivity contribution >= 4 is 5.91 Å². The number of ether oxygens (including phenoxy) is 1. The van der Waals surface area contributed by atoms with Crippen molar-refractivity contribution in [3.63, 3.8) is 0 Å². The number of benzene rings is 1. The van der Waals surface area contributed by atoms with Crippen LogP contribution >= 0.6 is 0 Å². The molecule has 1 amide bonds. The Hall–Kier alpha value is -2.58. The predicted molar refractivity (Wildman–Crippen MR) is 74.6 cm³/mol. The summed E-state index contributed by atoms with van der Waals surface area (Å²) in [5.74, 6) is -0.185. The van der Waals surface area contributed by atoms with Crippen molar-refractivity contribution in [3.8, 4) is 5.75 Å². The Balaban J connectivity index is 1.89. The third-order valence-corrected chi connectivity index (χ3v) is 2.98. The number of rotatable bonds is 6. The molecule has 0 aliphatic heterocycles. The number of alkyl halides is 3. The molecule has 6 nitrogen and oxygen atoms in total. The highest BCUT2D eigenvalue weighted by Gasteiger charge is 2.28. The van der Waals surface area contributed by atoms with Crippen LogP contribution in [0.25, 0.3) is 0 Å². The molecule has 0 aliphatic carbocycles. The number of amides is 1. The van der Waals surface area contributed by atoms with Crippen molar-refractivity contribution in [2.24, 2.45) is 0 Å². The number of aromatic nitrogens is 3. The Morgan fingerprint density at radius 2 is 2.22 bits per heavy atom. The number of carbonyl (C=O) groups is 1. The number of nitrogens with one attached hydrogen (secondary N) is 1. The van der Waals surface area contributed by atoms with Crippen molar-refractivity contribution < 1.29 is 22.7 Å². The van der Waals surface area contributed by atoms with Gasteiger partial charge in [0.1, 0.15) is 24.4 Å².